The van der Waals surface area contributed by atoms with Crippen molar-refractivity contribution in [2.24, 2.45) is 0 Å². The molecule has 2 heterocycles. The minimum atomic E-state index is 0.227. The van der Waals surface area contributed by atoms with Gasteiger partial charge in [0, 0.05) is 19.6 Å². The Morgan fingerprint density at radius 2 is 2.15 bits per heavy atom. The second-order valence-corrected chi connectivity index (χ2v) is 5.37. The summed E-state index contributed by atoms with van der Waals surface area (Å²) < 4.78 is 2.09. The van der Waals surface area contributed by atoms with Crippen molar-refractivity contribution in [2.45, 2.75) is 26.3 Å². The SMILES string of the molecule is CCCCn1cnc2nc(Cl)nc(NCCN(C)C)c21. The molecule has 0 unspecified atom stereocenters. The Morgan fingerprint density at radius 1 is 1.35 bits per heavy atom. The van der Waals surface area contributed by atoms with Crippen LogP contribution in [0.25, 0.3) is 11.2 Å². The summed E-state index contributed by atoms with van der Waals surface area (Å²) in [5.74, 6) is 0.760. The molecular formula is C13H21ClN6. The number of halogens is 1. The van der Waals surface area contributed by atoms with Crippen LogP contribution in [0.15, 0.2) is 6.33 Å². The maximum atomic E-state index is 5.96. The Labute approximate surface area is 124 Å². The van der Waals surface area contributed by atoms with Gasteiger partial charge >= 0.3 is 0 Å². The second kappa shape index (κ2) is 6.85. The Morgan fingerprint density at radius 3 is 2.85 bits per heavy atom. The van der Waals surface area contributed by atoms with Crippen LogP contribution in [0.2, 0.25) is 5.28 Å². The van der Waals surface area contributed by atoms with E-state index in [1.807, 2.05) is 20.4 Å². The fourth-order valence-electron chi connectivity index (χ4n) is 1.97. The number of imidazole rings is 1. The Kier molecular flexibility index (Phi) is 5.14. The van der Waals surface area contributed by atoms with E-state index >= 15 is 0 Å². The summed E-state index contributed by atoms with van der Waals surface area (Å²) in [7, 11) is 4.07. The third-order valence-corrected chi connectivity index (χ3v) is 3.22. The summed E-state index contributed by atoms with van der Waals surface area (Å²) in [5.41, 5.74) is 1.58. The minimum Gasteiger partial charge on any atom is -0.367 e. The van der Waals surface area contributed by atoms with Gasteiger partial charge in [-0.3, -0.25) is 0 Å². The molecule has 0 radical (unpaired) electrons. The molecule has 2 aromatic heterocycles. The fourth-order valence-corrected chi connectivity index (χ4v) is 2.14. The standard InChI is InChI=1S/C13H21ClN6/c1-4-5-7-20-9-16-12-10(20)11(17-13(14)18-12)15-6-8-19(2)3/h9H,4-8H2,1-3H3,(H,15,17,18). The fraction of sp³-hybridized carbons (Fsp3) is 0.615. The minimum absolute atomic E-state index is 0.227. The summed E-state index contributed by atoms with van der Waals surface area (Å²) in [6.07, 6.45) is 4.05. The highest BCUT2D eigenvalue weighted by molar-refractivity contribution is 6.28. The van der Waals surface area contributed by atoms with Gasteiger partial charge in [0.15, 0.2) is 11.5 Å². The molecular weight excluding hydrogens is 276 g/mol. The van der Waals surface area contributed by atoms with Gasteiger partial charge < -0.3 is 14.8 Å². The monoisotopic (exact) mass is 296 g/mol. The van der Waals surface area contributed by atoms with Crippen LogP contribution in [0.4, 0.5) is 5.82 Å². The van der Waals surface area contributed by atoms with Crippen LogP contribution in [-0.4, -0.2) is 51.6 Å². The highest BCUT2D eigenvalue weighted by Crippen LogP contribution is 2.21. The van der Waals surface area contributed by atoms with E-state index in [-0.39, 0.29) is 5.28 Å². The van der Waals surface area contributed by atoms with Crippen molar-refractivity contribution in [3.05, 3.63) is 11.6 Å². The van der Waals surface area contributed by atoms with Crippen molar-refractivity contribution in [1.82, 2.24) is 24.4 Å². The molecule has 0 bridgehead atoms. The van der Waals surface area contributed by atoms with E-state index in [2.05, 4.69) is 36.7 Å². The van der Waals surface area contributed by atoms with E-state index in [0.29, 0.717) is 5.65 Å². The van der Waals surface area contributed by atoms with Crippen LogP contribution in [-0.2, 0) is 6.54 Å². The van der Waals surface area contributed by atoms with Crippen molar-refractivity contribution in [2.75, 3.05) is 32.5 Å². The van der Waals surface area contributed by atoms with Crippen LogP contribution in [0.5, 0.6) is 0 Å². The van der Waals surface area contributed by atoms with Gasteiger partial charge in [-0.25, -0.2) is 4.98 Å². The zero-order valence-electron chi connectivity index (χ0n) is 12.2. The highest BCUT2D eigenvalue weighted by Gasteiger charge is 2.12. The van der Waals surface area contributed by atoms with E-state index in [1.165, 1.54) is 0 Å². The molecule has 0 aliphatic heterocycles. The number of hydrogen-bond donors (Lipinski definition) is 1. The number of nitrogens with one attached hydrogen (secondary N) is 1. The summed E-state index contributed by atoms with van der Waals surface area (Å²) >= 11 is 5.96. The molecule has 2 aromatic rings. The number of likely N-dealkylation sites (N-methyl/N-ethyl adjacent to an activating group) is 1. The van der Waals surface area contributed by atoms with E-state index in [0.717, 1.165) is 43.8 Å². The quantitative estimate of drug-likeness (QED) is 0.794. The van der Waals surface area contributed by atoms with Gasteiger partial charge in [0.05, 0.1) is 6.33 Å². The molecule has 0 spiro atoms. The van der Waals surface area contributed by atoms with Crippen molar-refractivity contribution in [3.63, 3.8) is 0 Å². The number of hydrogen-bond acceptors (Lipinski definition) is 5. The van der Waals surface area contributed by atoms with Gasteiger partial charge in [-0.2, -0.15) is 9.97 Å². The molecule has 0 aliphatic rings. The van der Waals surface area contributed by atoms with Gasteiger partial charge in [-0.15, -0.1) is 0 Å². The summed E-state index contributed by atoms with van der Waals surface area (Å²) in [5, 5.41) is 3.55. The molecule has 0 saturated carbocycles. The molecule has 6 nitrogen and oxygen atoms in total. The molecule has 0 aromatic carbocycles. The zero-order valence-corrected chi connectivity index (χ0v) is 13.0. The van der Waals surface area contributed by atoms with Crippen LogP contribution in [0.3, 0.4) is 0 Å². The lowest BCUT2D eigenvalue weighted by Gasteiger charge is -2.12. The molecule has 7 heteroatoms. The van der Waals surface area contributed by atoms with E-state index in [9.17, 15) is 0 Å². The van der Waals surface area contributed by atoms with Crippen LogP contribution < -0.4 is 5.32 Å². The average Bonchev–Trinajstić information content (AvgIpc) is 2.78. The molecule has 0 fully saturated rings. The zero-order chi connectivity index (χ0) is 14.5. The van der Waals surface area contributed by atoms with Crippen molar-refractivity contribution >= 4 is 28.6 Å². The van der Waals surface area contributed by atoms with E-state index < -0.39 is 0 Å². The van der Waals surface area contributed by atoms with E-state index in [1.54, 1.807) is 0 Å². The maximum Gasteiger partial charge on any atom is 0.226 e. The normalized spacial score (nSPS) is 11.4. The van der Waals surface area contributed by atoms with Crippen LogP contribution >= 0.6 is 11.6 Å². The van der Waals surface area contributed by atoms with Crippen molar-refractivity contribution in [3.8, 4) is 0 Å². The van der Waals surface area contributed by atoms with Gasteiger partial charge in [0.25, 0.3) is 0 Å². The maximum absolute atomic E-state index is 5.96. The van der Waals surface area contributed by atoms with Crippen molar-refractivity contribution < 1.29 is 0 Å². The Balaban J connectivity index is 2.27. The summed E-state index contributed by atoms with van der Waals surface area (Å²) in [4.78, 5) is 14.9. The molecule has 0 saturated heterocycles. The van der Waals surface area contributed by atoms with Gasteiger partial charge in [-0.1, -0.05) is 13.3 Å². The average molecular weight is 297 g/mol. The van der Waals surface area contributed by atoms with Crippen LogP contribution in [0, 0.1) is 0 Å². The first kappa shape index (κ1) is 15.0. The summed E-state index contributed by atoms with van der Waals surface area (Å²) in [6, 6.07) is 0. The lowest BCUT2D eigenvalue weighted by molar-refractivity contribution is 0.425. The second-order valence-electron chi connectivity index (χ2n) is 5.04. The predicted molar refractivity (Wildman–Crippen MR) is 82.3 cm³/mol. The first-order chi connectivity index (χ1) is 9.61. The first-order valence-corrected chi connectivity index (χ1v) is 7.26. The first-order valence-electron chi connectivity index (χ1n) is 6.88. The Bertz CT molecular complexity index is 565. The number of unbranched alkanes of at least 4 members (excludes halogenated alkanes) is 1. The summed E-state index contributed by atoms with van der Waals surface area (Å²) in [6.45, 7) is 4.81. The predicted octanol–water partition coefficient (Wildman–Crippen LogP) is 2.25. The van der Waals surface area contributed by atoms with Gasteiger partial charge in [0.2, 0.25) is 5.28 Å². The topological polar surface area (TPSA) is 58.9 Å². The number of aryl methyl sites for hydroxylation is 1. The highest BCUT2D eigenvalue weighted by atomic mass is 35.5. The van der Waals surface area contributed by atoms with E-state index in [4.69, 9.17) is 11.6 Å². The third kappa shape index (κ3) is 3.58. The smallest absolute Gasteiger partial charge is 0.226 e. The molecule has 20 heavy (non-hydrogen) atoms. The molecule has 2 rings (SSSR count). The molecule has 1 N–H and O–H groups in total. The van der Waals surface area contributed by atoms with Gasteiger partial charge in [-0.05, 0) is 32.1 Å². The van der Waals surface area contributed by atoms with Crippen molar-refractivity contribution in [1.29, 1.82) is 0 Å². The lowest BCUT2D eigenvalue weighted by atomic mass is 10.3. The van der Waals surface area contributed by atoms with Gasteiger partial charge in [0.1, 0.15) is 5.52 Å². The third-order valence-electron chi connectivity index (χ3n) is 3.05. The largest absolute Gasteiger partial charge is 0.367 e. The molecule has 110 valence electrons. The Hall–Kier alpha value is -1.40. The molecule has 0 aliphatic carbocycles. The van der Waals surface area contributed by atoms with Crippen LogP contribution in [0.1, 0.15) is 19.8 Å². The molecule has 0 amide bonds. The number of nitrogens with zero attached hydrogens (tertiary/aromatic N) is 5. The lowest BCUT2D eigenvalue weighted by Crippen LogP contribution is -2.21. The number of rotatable bonds is 7. The number of fused-ring (bicyclic) bond motifs is 1. The molecule has 0 atom stereocenters. The number of aromatic nitrogens is 4. The number of anilines is 1.